The van der Waals surface area contributed by atoms with E-state index in [1.807, 2.05) is 18.2 Å². The first kappa shape index (κ1) is 13.8. The third-order valence-corrected chi connectivity index (χ3v) is 3.48. The zero-order valence-corrected chi connectivity index (χ0v) is 11.3. The smallest absolute Gasteiger partial charge is 0.182 e. The Morgan fingerprint density at radius 2 is 1.95 bits per heavy atom. The van der Waals surface area contributed by atoms with Crippen molar-refractivity contribution in [2.24, 2.45) is 0 Å². The van der Waals surface area contributed by atoms with Crippen molar-refractivity contribution >= 4 is 5.69 Å². The molecule has 0 radical (unpaired) electrons. The number of hydrogen-bond donors (Lipinski definition) is 1. The molecule has 5 heteroatoms. The maximum atomic E-state index is 13.5. The van der Waals surface area contributed by atoms with Gasteiger partial charge in [-0.15, -0.1) is 0 Å². The van der Waals surface area contributed by atoms with Crippen LogP contribution in [0.5, 0.6) is 5.75 Å². The summed E-state index contributed by atoms with van der Waals surface area (Å²) in [6.45, 7) is 1.09. The molecule has 0 fully saturated rings. The van der Waals surface area contributed by atoms with E-state index in [0.29, 0.717) is 25.6 Å². The van der Waals surface area contributed by atoms with Crippen molar-refractivity contribution in [2.45, 2.75) is 12.8 Å². The number of hydrogen-bond acceptors (Lipinski definition) is 2. The van der Waals surface area contributed by atoms with Gasteiger partial charge in [-0.2, -0.15) is 0 Å². The number of anilines is 1. The van der Waals surface area contributed by atoms with E-state index >= 15 is 0 Å². The highest BCUT2D eigenvalue weighted by Gasteiger charge is 2.13. The van der Waals surface area contributed by atoms with Gasteiger partial charge in [0.1, 0.15) is 11.6 Å². The number of rotatable bonds is 4. The molecule has 3 rings (SSSR count). The van der Waals surface area contributed by atoms with Gasteiger partial charge in [0.2, 0.25) is 0 Å². The summed E-state index contributed by atoms with van der Waals surface area (Å²) >= 11 is 0. The average Bonchev–Trinajstić information content (AvgIpc) is 2.91. The Kier molecular flexibility index (Phi) is 3.73. The van der Waals surface area contributed by atoms with Crippen LogP contribution in [-0.4, -0.2) is 13.2 Å². The number of ether oxygens (including phenoxy) is 1. The van der Waals surface area contributed by atoms with Gasteiger partial charge in [-0.05, 0) is 23.6 Å². The molecular weight excluding hydrogens is 279 g/mol. The van der Waals surface area contributed by atoms with Gasteiger partial charge in [-0.25, -0.2) is 13.2 Å². The van der Waals surface area contributed by atoms with Crippen molar-refractivity contribution in [3.05, 3.63) is 58.9 Å². The first-order valence-electron chi connectivity index (χ1n) is 6.76. The highest BCUT2D eigenvalue weighted by Crippen LogP contribution is 2.26. The van der Waals surface area contributed by atoms with Crippen LogP contribution < -0.4 is 10.1 Å². The van der Waals surface area contributed by atoms with Crippen molar-refractivity contribution < 1.29 is 17.9 Å². The second-order valence-corrected chi connectivity index (χ2v) is 4.97. The van der Waals surface area contributed by atoms with E-state index in [1.165, 1.54) is 0 Å². The SMILES string of the molecule is Fc1cc(F)c(F)c(NCCc2ccc3c(c2)CCO3)c1. The molecule has 2 aromatic carbocycles. The molecule has 1 aliphatic heterocycles. The number of halogens is 3. The second-order valence-electron chi connectivity index (χ2n) is 4.97. The molecule has 0 bridgehead atoms. The molecule has 0 aromatic heterocycles. The van der Waals surface area contributed by atoms with Gasteiger partial charge in [-0.3, -0.25) is 0 Å². The van der Waals surface area contributed by atoms with Crippen molar-refractivity contribution in [1.82, 2.24) is 0 Å². The van der Waals surface area contributed by atoms with Crippen molar-refractivity contribution in [2.75, 3.05) is 18.5 Å². The molecule has 0 aliphatic carbocycles. The topological polar surface area (TPSA) is 21.3 Å². The van der Waals surface area contributed by atoms with Crippen LogP contribution in [0.15, 0.2) is 30.3 Å². The summed E-state index contributed by atoms with van der Waals surface area (Å²) < 4.78 is 45.0. The van der Waals surface area contributed by atoms with Crippen LogP contribution in [0.25, 0.3) is 0 Å². The molecule has 0 atom stereocenters. The van der Waals surface area contributed by atoms with E-state index in [1.54, 1.807) is 0 Å². The number of nitrogens with one attached hydrogen (secondary N) is 1. The predicted molar refractivity (Wildman–Crippen MR) is 74.2 cm³/mol. The Bertz CT molecular complexity index is 673. The summed E-state index contributed by atoms with van der Waals surface area (Å²) in [6.07, 6.45) is 1.52. The lowest BCUT2D eigenvalue weighted by molar-refractivity contribution is 0.357. The average molecular weight is 293 g/mol. The molecule has 2 aromatic rings. The minimum atomic E-state index is -1.19. The normalized spacial score (nSPS) is 12.9. The first-order valence-corrected chi connectivity index (χ1v) is 6.76. The van der Waals surface area contributed by atoms with Crippen molar-refractivity contribution in [3.63, 3.8) is 0 Å². The van der Waals surface area contributed by atoms with Gasteiger partial charge in [0.25, 0.3) is 0 Å². The Labute approximate surface area is 120 Å². The lowest BCUT2D eigenvalue weighted by Crippen LogP contribution is -2.08. The van der Waals surface area contributed by atoms with Crippen LogP contribution in [0, 0.1) is 17.5 Å². The van der Waals surface area contributed by atoms with Gasteiger partial charge in [0.15, 0.2) is 11.6 Å². The molecule has 0 saturated heterocycles. The second kappa shape index (κ2) is 5.68. The van der Waals surface area contributed by atoms with Crippen molar-refractivity contribution in [3.8, 4) is 5.75 Å². The maximum absolute atomic E-state index is 13.5. The molecule has 2 nitrogen and oxygen atoms in total. The van der Waals surface area contributed by atoms with E-state index in [-0.39, 0.29) is 5.69 Å². The summed E-state index contributed by atoms with van der Waals surface area (Å²) in [6, 6.07) is 7.39. The summed E-state index contributed by atoms with van der Waals surface area (Å²) in [7, 11) is 0. The molecule has 1 N–H and O–H groups in total. The zero-order valence-electron chi connectivity index (χ0n) is 11.3. The molecule has 0 amide bonds. The Balaban J connectivity index is 1.64. The van der Waals surface area contributed by atoms with Crippen LogP contribution >= 0.6 is 0 Å². The van der Waals surface area contributed by atoms with Gasteiger partial charge in [-0.1, -0.05) is 12.1 Å². The Hall–Kier alpha value is -2.17. The highest BCUT2D eigenvalue weighted by molar-refractivity contribution is 5.46. The number of benzene rings is 2. The first-order chi connectivity index (χ1) is 10.1. The van der Waals surface area contributed by atoms with E-state index in [9.17, 15) is 13.2 Å². The monoisotopic (exact) mass is 293 g/mol. The van der Waals surface area contributed by atoms with Crippen LogP contribution in [-0.2, 0) is 12.8 Å². The molecule has 1 heterocycles. The molecule has 110 valence electrons. The zero-order chi connectivity index (χ0) is 14.8. The lowest BCUT2D eigenvalue weighted by Gasteiger charge is -2.09. The Morgan fingerprint density at radius 3 is 2.81 bits per heavy atom. The fourth-order valence-electron chi connectivity index (χ4n) is 2.42. The third-order valence-electron chi connectivity index (χ3n) is 3.48. The minimum Gasteiger partial charge on any atom is -0.493 e. The summed E-state index contributed by atoms with van der Waals surface area (Å²) in [5.74, 6) is -2.14. The molecule has 21 heavy (non-hydrogen) atoms. The van der Waals surface area contributed by atoms with Gasteiger partial charge in [0.05, 0.1) is 12.3 Å². The van der Waals surface area contributed by atoms with Gasteiger partial charge >= 0.3 is 0 Å². The lowest BCUT2D eigenvalue weighted by atomic mass is 10.1. The minimum absolute atomic E-state index is 0.156. The van der Waals surface area contributed by atoms with Crippen LogP contribution in [0.4, 0.5) is 18.9 Å². The van der Waals surface area contributed by atoms with E-state index < -0.39 is 17.5 Å². The quantitative estimate of drug-likeness (QED) is 0.868. The van der Waals surface area contributed by atoms with Gasteiger partial charge < -0.3 is 10.1 Å². The summed E-state index contributed by atoms with van der Waals surface area (Å²) in [5.41, 5.74) is 2.08. The fourth-order valence-corrected chi connectivity index (χ4v) is 2.42. The number of fused-ring (bicyclic) bond motifs is 1. The van der Waals surface area contributed by atoms with E-state index in [0.717, 1.165) is 29.4 Å². The van der Waals surface area contributed by atoms with Crippen molar-refractivity contribution in [1.29, 1.82) is 0 Å². The molecule has 0 saturated carbocycles. The van der Waals surface area contributed by atoms with E-state index in [2.05, 4.69) is 5.32 Å². The van der Waals surface area contributed by atoms with Crippen LogP contribution in [0.3, 0.4) is 0 Å². The fraction of sp³-hybridized carbons (Fsp3) is 0.250. The van der Waals surface area contributed by atoms with Crippen LogP contribution in [0.1, 0.15) is 11.1 Å². The molecule has 1 aliphatic rings. The highest BCUT2D eigenvalue weighted by atomic mass is 19.2. The molecular formula is C16H14F3NO. The Morgan fingerprint density at radius 1 is 1.10 bits per heavy atom. The van der Waals surface area contributed by atoms with E-state index in [4.69, 9.17) is 4.74 Å². The maximum Gasteiger partial charge on any atom is 0.182 e. The summed E-state index contributed by atoms with van der Waals surface area (Å²) in [5, 5.41) is 2.72. The largest absolute Gasteiger partial charge is 0.493 e. The third kappa shape index (κ3) is 2.96. The molecule has 0 spiro atoms. The van der Waals surface area contributed by atoms with Gasteiger partial charge in [0, 0.05) is 25.1 Å². The summed E-state index contributed by atoms with van der Waals surface area (Å²) in [4.78, 5) is 0. The predicted octanol–water partition coefficient (Wildman–Crippen LogP) is 3.69. The van der Waals surface area contributed by atoms with Crippen LogP contribution in [0.2, 0.25) is 0 Å². The molecule has 0 unspecified atom stereocenters. The standard InChI is InChI=1S/C16H14F3NO/c17-12-8-13(18)16(19)14(9-12)20-5-3-10-1-2-15-11(7-10)4-6-21-15/h1-2,7-9,20H,3-6H2.